The number of carboxylic acid groups (broad SMARTS) is 2. The van der Waals surface area contributed by atoms with E-state index in [0.717, 1.165) is 18.2 Å². The molecule has 1 rings (SSSR count). The highest BCUT2D eigenvalue weighted by molar-refractivity contribution is 6.19. The maximum Gasteiger partial charge on any atom is 0.347 e. The molecule has 0 amide bonds. The summed E-state index contributed by atoms with van der Waals surface area (Å²) >= 11 is 0. The Kier molecular flexibility index (Phi) is 4.36. The van der Waals surface area contributed by atoms with E-state index in [1.807, 2.05) is 0 Å². The molecule has 0 spiro atoms. The molecule has 10 heteroatoms. The first-order valence-electron chi connectivity index (χ1n) is 5.28. The van der Waals surface area contributed by atoms with Crippen molar-refractivity contribution in [2.75, 3.05) is 0 Å². The molecule has 2 unspecified atom stereocenters. The van der Waals surface area contributed by atoms with Crippen LogP contribution in [0.25, 0.3) is 0 Å². The minimum absolute atomic E-state index is 0.834. The van der Waals surface area contributed by atoms with E-state index in [0.29, 0.717) is 0 Å². The van der Waals surface area contributed by atoms with Gasteiger partial charge in [0.2, 0.25) is 5.78 Å². The molecule has 0 aliphatic rings. The number of carbonyl (C=O) groups is 3. The van der Waals surface area contributed by atoms with Crippen LogP contribution in [0.2, 0.25) is 0 Å². The van der Waals surface area contributed by atoms with E-state index in [1.54, 1.807) is 0 Å². The summed E-state index contributed by atoms with van der Waals surface area (Å²) in [5.74, 6) is -6.33. The number of hydrogen-bond donors (Lipinski definition) is 4. The molecule has 1 aromatic carbocycles. The third-order valence-corrected chi connectivity index (χ3v) is 2.65. The number of nitrogens with zero attached hydrogens (tertiary/aromatic N) is 1. The van der Waals surface area contributed by atoms with Gasteiger partial charge in [-0.25, -0.2) is 9.59 Å². The lowest BCUT2D eigenvalue weighted by Crippen LogP contribution is -2.59. The molecule has 0 aliphatic heterocycles. The van der Waals surface area contributed by atoms with Gasteiger partial charge in [-0.2, -0.15) is 0 Å². The van der Waals surface area contributed by atoms with Gasteiger partial charge in [-0.1, -0.05) is 12.1 Å². The molecule has 0 saturated heterocycles. The minimum Gasteiger partial charge on any atom is -0.479 e. The van der Waals surface area contributed by atoms with Crippen LogP contribution in [-0.4, -0.2) is 54.8 Å². The predicted molar refractivity (Wildman–Crippen MR) is 63.7 cm³/mol. The second-order valence-electron chi connectivity index (χ2n) is 3.92. The summed E-state index contributed by atoms with van der Waals surface area (Å²) in [4.78, 5) is 43.4. The number of carbonyl (C=O) groups excluding carboxylic acids is 1. The summed E-state index contributed by atoms with van der Waals surface area (Å²) in [5, 5.41) is 47.2. The Hall–Kier alpha value is -2.85. The second-order valence-corrected chi connectivity index (χ2v) is 3.92. The number of nitro groups is 1. The number of Topliss-reactive ketones (excluding diaryl/α,β-unsaturated/α-hetero) is 1. The molecule has 21 heavy (non-hydrogen) atoms. The van der Waals surface area contributed by atoms with E-state index in [1.165, 1.54) is 6.07 Å². The maximum atomic E-state index is 12.0. The first kappa shape index (κ1) is 16.2. The average Bonchev–Trinajstić information content (AvgIpc) is 2.44. The fourth-order valence-electron chi connectivity index (χ4n) is 1.55. The fraction of sp³-hybridized carbons (Fsp3) is 0.182. The average molecular weight is 299 g/mol. The zero-order valence-electron chi connectivity index (χ0n) is 10.2. The molecule has 0 saturated carbocycles. The maximum absolute atomic E-state index is 12.0. The third-order valence-electron chi connectivity index (χ3n) is 2.65. The van der Waals surface area contributed by atoms with E-state index in [9.17, 15) is 34.7 Å². The van der Waals surface area contributed by atoms with Crippen molar-refractivity contribution in [2.24, 2.45) is 0 Å². The van der Waals surface area contributed by atoms with E-state index in [-0.39, 0.29) is 0 Å². The van der Waals surface area contributed by atoms with Gasteiger partial charge in [-0.15, -0.1) is 0 Å². The Labute approximate surface area is 116 Å². The number of benzene rings is 1. The number of carboxylic acids is 2. The second kappa shape index (κ2) is 5.64. The molecule has 112 valence electrons. The van der Waals surface area contributed by atoms with Crippen molar-refractivity contribution < 1.29 is 39.7 Å². The fourth-order valence-corrected chi connectivity index (χ4v) is 1.55. The van der Waals surface area contributed by atoms with Crippen LogP contribution in [0.4, 0.5) is 5.69 Å². The van der Waals surface area contributed by atoms with Crippen LogP contribution < -0.4 is 0 Å². The number of hydrogen-bond acceptors (Lipinski definition) is 7. The lowest BCUT2D eigenvalue weighted by molar-refractivity contribution is -0.385. The van der Waals surface area contributed by atoms with Crippen LogP contribution >= 0.6 is 0 Å². The Balaban J connectivity index is 3.49. The van der Waals surface area contributed by atoms with Crippen molar-refractivity contribution in [1.29, 1.82) is 0 Å². The molecular formula is C11H9NO9. The third kappa shape index (κ3) is 2.70. The summed E-state index contributed by atoms with van der Waals surface area (Å²) in [6, 6.07) is 4.03. The zero-order chi connectivity index (χ0) is 16.4. The predicted octanol–water partition coefficient (Wildman–Crippen LogP) is -0.961. The minimum atomic E-state index is -3.75. The molecule has 10 nitrogen and oxygen atoms in total. The molecular weight excluding hydrogens is 290 g/mol. The Morgan fingerprint density at radius 2 is 1.71 bits per heavy atom. The van der Waals surface area contributed by atoms with Crippen molar-refractivity contribution in [1.82, 2.24) is 0 Å². The van der Waals surface area contributed by atoms with Gasteiger partial charge < -0.3 is 20.4 Å². The van der Waals surface area contributed by atoms with Crippen LogP contribution in [0.3, 0.4) is 0 Å². The molecule has 0 radical (unpaired) electrons. The monoisotopic (exact) mass is 299 g/mol. The van der Waals surface area contributed by atoms with Crippen LogP contribution in [-0.2, 0) is 9.59 Å². The van der Waals surface area contributed by atoms with Gasteiger partial charge in [0, 0.05) is 6.07 Å². The highest BCUT2D eigenvalue weighted by Crippen LogP contribution is 2.25. The van der Waals surface area contributed by atoms with Gasteiger partial charge in [-0.05, 0) is 6.07 Å². The number of aliphatic carboxylic acids is 2. The quantitative estimate of drug-likeness (QED) is 0.223. The molecule has 4 N–H and O–H groups in total. The van der Waals surface area contributed by atoms with Gasteiger partial charge in [-0.3, -0.25) is 14.9 Å². The highest BCUT2D eigenvalue weighted by Gasteiger charge is 2.55. The SMILES string of the molecule is O=C(O)C(O)C(O)(C(=O)O)C(=O)c1ccccc1[N+](=O)[O-]. The topological polar surface area (TPSA) is 175 Å². The van der Waals surface area contributed by atoms with E-state index in [2.05, 4.69) is 0 Å². The smallest absolute Gasteiger partial charge is 0.347 e. The summed E-state index contributed by atoms with van der Waals surface area (Å²) < 4.78 is 0. The number of nitro benzene ring substituents is 1. The summed E-state index contributed by atoms with van der Waals surface area (Å²) in [5.41, 5.74) is -5.43. The standard InChI is InChI=1S/C11H9NO9/c13-7(5-3-1-2-4-6(5)12(20)21)11(19,10(17)18)8(14)9(15)16/h1-4,8,14,19H,(H,15,16)(H,17,18). The number of rotatable bonds is 6. The van der Waals surface area contributed by atoms with Gasteiger partial charge in [0.05, 0.1) is 10.5 Å². The zero-order valence-corrected chi connectivity index (χ0v) is 10.2. The van der Waals surface area contributed by atoms with E-state index < -0.39 is 45.6 Å². The van der Waals surface area contributed by atoms with E-state index in [4.69, 9.17) is 10.2 Å². The first-order valence-corrected chi connectivity index (χ1v) is 5.28. The normalized spacial score (nSPS) is 14.8. The van der Waals surface area contributed by atoms with Crippen molar-refractivity contribution in [3.05, 3.63) is 39.9 Å². The van der Waals surface area contributed by atoms with Crippen LogP contribution in [0.15, 0.2) is 24.3 Å². The van der Waals surface area contributed by atoms with Crippen LogP contribution in [0, 0.1) is 10.1 Å². The van der Waals surface area contributed by atoms with Gasteiger partial charge in [0.25, 0.3) is 11.3 Å². The molecule has 0 aliphatic carbocycles. The number of para-hydroxylation sites is 1. The number of ketones is 1. The molecule has 0 fully saturated rings. The van der Waals surface area contributed by atoms with Gasteiger partial charge in [0.15, 0.2) is 6.10 Å². The molecule has 0 aromatic heterocycles. The Morgan fingerprint density at radius 3 is 2.14 bits per heavy atom. The summed E-state index contributed by atoms with van der Waals surface area (Å²) in [7, 11) is 0. The van der Waals surface area contributed by atoms with Crippen LogP contribution in [0.1, 0.15) is 10.4 Å². The summed E-state index contributed by atoms with van der Waals surface area (Å²) in [6.45, 7) is 0. The van der Waals surface area contributed by atoms with Gasteiger partial charge in [0.1, 0.15) is 0 Å². The number of aliphatic hydroxyl groups excluding tert-OH is 1. The highest BCUT2D eigenvalue weighted by atomic mass is 16.6. The van der Waals surface area contributed by atoms with E-state index >= 15 is 0 Å². The molecule has 1 aromatic rings. The first-order chi connectivity index (χ1) is 9.63. The summed E-state index contributed by atoms with van der Waals surface area (Å²) in [6.07, 6.45) is -3.00. The van der Waals surface area contributed by atoms with Crippen molar-refractivity contribution in [2.45, 2.75) is 11.7 Å². The Bertz CT molecular complexity index is 626. The lowest BCUT2D eigenvalue weighted by Gasteiger charge is -2.24. The van der Waals surface area contributed by atoms with Crippen molar-refractivity contribution >= 4 is 23.4 Å². The molecule has 0 heterocycles. The lowest BCUT2D eigenvalue weighted by atomic mass is 9.87. The Morgan fingerprint density at radius 1 is 1.19 bits per heavy atom. The molecule has 2 atom stereocenters. The number of aliphatic hydroxyl groups is 2. The van der Waals surface area contributed by atoms with Crippen LogP contribution in [0.5, 0.6) is 0 Å². The van der Waals surface area contributed by atoms with Crippen molar-refractivity contribution in [3.63, 3.8) is 0 Å². The largest absolute Gasteiger partial charge is 0.479 e. The van der Waals surface area contributed by atoms with Gasteiger partial charge >= 0.3 is 11.9 Å². The van der Waals surface area contributed by atoms with Crippen molar-refractivity contribution in [3.8, 4) is 0 Å². The molecule has 0 bridgehead atoms.